The van der Waals surface area contributed by atoms with E-state index in [1.165, 1.54) is 0 Å². The molecule has 0 atom stereocenters. The molecule has 0 spiro atoms. The lowest BCUT2D eigenvalue weighted by Gasteiger charge is -2.33. The number of aromatic amines is 1. The lowest BCUT2D eigenvalue weighted by molar-refractivity contribution is -0.130. The van der Waals surface area contributed by atoms with Gasteiger partial charge in [0.15, 0.2) is 0 Å². The van der Waals surface area contributed by atoms with Crippen molar-refractivity contribution in [3.05, 3.63) is 18.0 Å². The van der Waals surface area contributed by atoms with Gasteiger partial charge in [0, 0.05) is 45.0 Å². The standard InChI is InChI=1S/C11H16N4O2/c1-8(16)14-2-4-15(5-3-14)11(17)10-6-9(12)7-13-10/h6-7,13H,2-5,12H2,1H3. The molecule has 2 heterocycles. The number of carbonyl (C=O) groups excluding carboxylic acids is 2. The number of anilines is 1. The first-order valence-corrected chi connectivity index (χ1v) is 5.56. The molecule has 1 aromatic heterocycles. The van der Waals surface area contributed by atoms with E-state index in [1.807, 2.05) is 0 Å². The Morgan fingerprint density at radius 2 is 1.82 bits per heavy atom. The summed E-state index contributed by atoms with van der Waals surface area (Å²) in [5.41, 5.74) is 6.60. The Labute approximate surface area is 99.4 Å². The maximum atomic E-state index is 12.0. The molecule has 2 amide bonds. The van der Waals surface area contributed by atoms with E-state index in [9.17, 15) is 9.59 Å². The van der Waals surface area contributed by atoms with Crippen LogP contribution in [0.15, 0.2) is 12.3 Å². The largest absolute Gasteiger partial charge is 0.397 e. The van der Waals surface area contributed by atoms with Gasteiger partial charge < -0.3 is 20.5 Å². The third-order valence-corrected chi connectivity index (χ3v) is 2.95. The highest BCUT2D eigenvalue weighted by Crippen LogP contribution is 2.10. The maximum Gasteiger partial charge on any atom is 0.270 e. The van der Waals surface area contributed by atoms with E-state index in [0.29, 0.717) is 37.6 Å². The molecule has 6 nitrogen and oxygen atoms in total. The summed E-state index contributed by atoms with van der Waals surface area (Å²) in [4.78, 5) is 29.5. The van der Waals surface area contributed by atoms with E-state index < -0.39 is 0 Å². The predicted molar refractivity (Wildman–Crippen MR) is 63.4 cm³/mol. The van der Waals surface area contributed by atoms with Crippen LogP contribution in [-0.2, 0) is 4.79 Å². The third kappa shape index (κ3) is 2.41. The minimum Gasteiger partial charge on any atom is -0.397 e. The average molecular weight is 236 g/mol. The van der Waals surface area contributed by atoms with Gasteiger partial charge in [-0.15, -0.1) is 0 Å². The zero-order chi connectivity index (χ0) is 12.4. The monoisotopic (exact) mass is 236 g/mol. The van der Waals surface area contributed by atoms with Crippen molar-refractivity contribution in [2.75, 3.05) is 31.9 Å². The Hall–Kier alpha value is -1.98. The maximum absolute atomic E-state index is 12.0. The molecule has 0 aliphatic carbocycles. The van der Waals surface area contributed by atoms with Gasteiger partial charge in [-0.3, -0.25) is 9.59 Å². The first-order chi connectivity index (χ1) is 8.08. The van der Waals surface area contributed by atoms with Gasteiger partial charge in [-0.2, -0.15) is 0 Å². The smallest absolute Gasteiger partial charge is 0.270 e. The second-order valence-corrected chi connectivity index (χ2v) is 4.14. The van der Waals surface area contributed by atoms with Crippen LogP contribution in [0.4, 0.5) is 5.69 Å². The van der Waals surface area contributed by atoms with Crippen molar-refractivity contribution < 1.29 is 9.59 Å². The molecule has 0 saturated carbocycles. The second-order valence-electron chi connectivity index (χ2n) is 4.14. The Kier molecular flexibility index (Phi) is 3.03. The quantitative estimate of drug-likeness (QED) is 0.714. The van der Waals surface area contributed by atoms with Gasteiger partial charge in [0.25, 0.3) is 5.91 Å². The highest BCUT2D eigenvalue weighted by Gasteiger charge is 2.23. The number of nitrogens with one attached hydrogen (secondary N) is 1. The Morgan fingerprint density at radius 1 is 1.24 bits per heavy atom. The van der Waals surface area contributed by atoms with Crippen molar-refractivity contribution in [2.24, 2.45) is 0 Å². The van der Waals surface area contributed by atoms with Crippen LogP contribution in [-0.4, -0.2) is 52.8 Å². The molecule has 17 heavy (non-hydrogen) atoms. The summed E-state index contributed by atoms with van der Waals surface area (Å²) in [6.45, 7) is 3.87. The second kappa shape index (κ2) is 4.48. The van der Waals surface area contributed by atoms with E-state index in [-0.39, 0.29) is 11.8 Å². The van der Waals surface area contributed by atoms with Crippen molar-refractivity contribution in [1.82, 2.24) is 14.8 Å². The molecular weight excluding hydrogens is 220 g/mol. The predicted octanol–water partition coefficient (Wildman–Crippen LogP) is -0.0988. The molecule has 3 N–H and O–H groups in total. The molecule has 2 rings (SSSR count). The van der Waals surface area contributed by atoms with Crippen LogP contribution in [0, 0.1) is 0 Å². The molecule has 0 unspecified atom stereocenters. The number of nitrogens with two attached hydrogens (primary N) is 1. The fourth-order valence-corrected chi connectivity index (χ4v) is 1.93. The first kappa shape index (κ1) is 11.5. The van der Waals surface area contributed by atoms with Gasteiger partial charge in [-0.05, 0) is 6.07 Å². The van der Waals surface area contributed by atoms with Crippen LogP contribution < -0.4 is 5.73 Å². The third-order valence-electron chi connectivity index (χ3n) is 2.95. The fraction of sp³-hybridized carbons (Fsp3) is 0.455. The van der Waals surface area contributed by atoms with Crippen molar-refractivity contribution in [2.45, 2.75) is 6.92 Å². The molecular formula is C11H16N4O2. The van der Waals surface area contributed by atoms with Crippen molar-refractivity contribution in [3.8, 4) is 0 Å². The summed E-state index contributed by atoms with van der Waals surface area (Å²) in [6.07, 6.45) is 1.60. The molecule has 1 aliphatic heterocycles. The lowest BCUT2D eigenvalue weighted by Crippen LogP contribution is -2.50. The number of carbonyl (C=O) groups is 2. The number of hydrogen-bond donors (Lipinski definition) is 2. The van der Waals surface area contributed by atoms with Gasteiger partial charge in [-0.1, -0.05) is 0 Å². The van der Waals surface area contributed by atoms with Crippen LogP contribution in [0.3, 0.4) is 0 Å². The summed E-state index contributed by atoms with van der Waals surface area (Å²) in [5, 5.41) is 0. The minimum absolute atomic E-state index is 0.0567. The normalized spacial score (nSPS) is 16.1. The number of hydrogen-bond acceptors (Lipinski definition) is 3. The van der Waals surface area contributed by atoms with E-state index in [2.05, 4.69) is 4.98 Å². The molecule has 0 radical (unpaired) electrons. The number of amides is 2. The van der Waals surface area contributed by atoms with Crippen LogP contribution in [0.5, 0.6) is 0 Å². The number of H-pyrrole nitrogens is 1. The van der Waals surface area contributed by atoms with Crippen LogP contribution >= 0.6 is 0 Å². The molecule has 1 saturated heterocycles. The highest BCUT2D eigenvalue weighted by molar-refractivity contribution is 5.93. The summed E-state index contributed by atoms with van der Waals surface area (Å²) in [6, 6.07) is 1.62. The first-order valence-electron chi connectivity index (χ1n) is 5.56. The van der Waals surface area contributed by atoms with Gasteiger partial charge in [0.2, 0.25) is 5.91 Å². The number of rotatable bonds is 1. The minimum atomic E-state index is -0.0649. The Morgan fingerprint density at radius 3 is 2.29 bits per heavy atom. The number of piperazine rings is 1. The van der Waals surface area contributed by atoms with Crippen LogP contribution in [0.1, 0.15) is 17.4 Å². The van der Waals surface area contributed by atoms with Gasteiger partial charge in [0.05, 0.1) is 0 Å². The van der Waals surface area contributed by atoms with Crippen molar-refractivity contribution >= 4 is 17.5 Å². The molecule has 6 heteroatoms. The molecule has 0 aromatic carbocycles. The van der Waals surface area contributed by atoms with Gasteiger partial charge in [-0.25, -0.2) is 0 Å². The van der Waals surface area contributed by atoms with Crippen molar-refractivity contribution in [1.29, 1.82) is 0 Å². The Bertz CT molecular complexity index is 432. The van der Waals surface area contributed by atoms with Crippen LogP contribution in [0.2, 0.25) is 0 Å². The van der Waals surface area contributed by atoms with E-state index in [4.69, 9.17) is 5.73 Å². The molecule has 92 valence electrons. The molecule has 1 aliphatic rings. The lowest BCUT2D eigenvalue weighted by atomic mass is 10.2. The summed E-state index contributed by atoms with van der Waals surface area (Å²) >= 11 is 0. The number of nitrogens with zero attached hydrogens (tertiary/aromatic N) is 2. The van der Waals surface area contributed by atoms with E-state index in [0.717, 1.165) is 0 Å². The zero-order valence-electron chi connectivity index (χ0n) is 9.77. The SMILES string of the molecule is CC(=O)N1CCN(C(=O)c2cc(N)c[nH]2)CC1. The van der Waals surface area contributed by atoms with Crippen molar-refractivity contribution in [3.63, 3.8) is 0 Å². The average Bonchev–Trinajstić information content (AvgIpc) is 2.75. The van der Waals surface area contributed by atoms with Gasteiger partial charge in [0.1, 0.15) is 5.69 Å². The summed E-state index contributed by atoms with van der Waals surface area (Å²) in [5.74, 6) is -0.00822. The van der Waals surface area contributed by atoms with Gasteiger partial charge >= 0.3 is 0 Å². The molecule has 0 bridgehead atoms. The number of aromatic nitrogens is 1. The zero-order valence-corrected chi connectivity index (χ0v) is 9.77. The summed E-state index contributed by atoms with van der Waals surface area (Å²) < 4.78 is 0. The topological polar surface area (TPSA) is 82.4 Å². The number of nitrogen functional groups attached to an aromatic ring is 1. The van der Waals surface area contributed by atoms with E-state index >= 15 is 0 Å². The van der Waals surface area contributed by atoms with E-state index in [1.54, 1.807) is 29.0 Å². The fourth-order valence-electron chi connectivity index (χ4n) is 1.93. The molecule has 1 aromatic rings. The summed E-state index contributed by atoms with van der Waals surface area (Å²) in [7, 11) is 0. The highest BCUT2D eigenvalue weighted by atomic mass is 16.2. The Balaban J connectivity index is 1.97. The van der Waals surface area contributed by atoms with Crippen LogP contribution in [0.25, 0.3) is 0 Å². The molecule has 1 fully saturated rings.